The van der Waals surface area contributed by atoms with Crippen molar-refractivity contribution < 1.29 is 14.6 Å². The number of hydrogen-bond donors (Lipinski definition) is 3. The quantitative estimate of drug-likeness (QED) is 0.649. The van der Waals surface area contributed by atoms with Crippen molar-refractivity contribution in [1.29, 1.82) is 0 Å². The Hall–Kier alpha value is -2.34. The predicted octanol–water partition coefficient (Wildman–Crippen LogP) is 2.61. The van der Waals surface area contributed by atoms with Crippen LogP contribution in [0.25, 0.3) is 11.3 Å². The second-order valence-electron chi connectivity index (χ2n) is 6.58. The molecule has 0 fully saturated rings. The molecule has 2 rings (SSSR count). The summed E-state index contributed by atoms with van der Waals surface area (Å²) in [4.78, 5) is 12.1. The molecule has 0 aliphatic heterocycles. The summed E-state index contributed by atoms with van der Waals surface area (Å²) in [6, 6.07) is 9.23. The molecule has 1 amide bonds. The summed E-state index contributed by atoms with van der Waals surface area (Å²) < 4.78 is 5.13. The average Bonchev–Trinajstić information content (AvgIpc) is 3.09. The van der Waals surface area contributed by atoms with Gasteiger partial charge in [0.15, 0.2) is 0 Å². The van der Waals surface area contributed by atoms with E-state index in [2.05, 4.69) is 15.5 Å². The summed E-state index contributed by atoms with van der Waals surface area (Å²) in [5.74, 6) is 0.599. The largest absolute Gasteiger partial charge is 0.497 e. The zero-order valence-corrected chi connectivity index (χ0v) is 14.4. The van der Waals surface area contributed by atoms with Crippen LogP contribution in [0.3, 0.4) is 0 Å². The molecule has 0 radical (unpaired) electrons. The Labute approximate surface area is 142 Å². The van der Waals surface area contributed by atoms with Crippen LogP contribution in [-0.2, 0) is 0 Å². The molecule has 0 bridgehead atoms. The van der Waals surface area contributed by atoms with Crippen molar-refractivity contribution in [2.45, 2.75) is 26.7 Å². The Kier molecular flexibility index (Phi) is 5.98. The lowest BCUT2D eigenvalue weighted by molar-refractivity contribution is 0.0943. The minimum Gasteiger partial charge on any atom is -0.497 e. The van der Waals surface area contributed by atoms with Crippen LogP contribution in [0.5, 0.6) is 5.75 Å². The number of aromatic nitrogens is 2. The van der Waals surface area contributed by atoms with E-state index in [-0.39, 0.29) is 17.9 Å². The topological polar surface area (TPSA) is 87.2 Å². The number of nitrogens with one attached hydrogen (secondary N) is 2. The van der Waals surface area contributed by atoms with Gasteiger partial charge < -0.3 is 15.2 Å². The number of aliphatic hydroxyl groups is 1. The Morgan fingerprint density at radius 1 is 1.33 bits per heavy atom. The highest BCUT2D eigenvalue weighted by atomic mass is 16.5. The van der Waals surface area contributed by atoms with Gasteiger partial charge in [-0.2, -0.15) is 5.10 Å². The molecular weight excluding hydrogens is 306 g/mol. The lowest BCUT2D eigenvalue weighted by Crippen LogP contribution is -2.26. The lowest BCUT2D eigenvalue weighted by Gasteiger charge is -2.21. The number of aliphatic hydroxyl groups excluding tert-OH is 1. The molecular formula is C18H25N3O3. The molecule has 0 saturated heterocycles. The molecule has 0 atom stereocenters. The molecule has 6 nitrogen and oxygen atoms in total. The molecule has 3 N–H and O–H groups in total. The highest BCUT2D eigenvalue weighted by molar-refractivity contribution is 5.93. The zero-order valence-electron chi connectivity index (χ0n) is 14.4. The van der Waals surface area contributed by atoms with E-state index in [0.717, 1.165) is 24.2 Å². The molecule has 0 aliphatic rings. The molecule has 1 heterocycles. The van der Waals surface area contributed by atoms with Crippen LogP contribution in [0.2, 0.25) is 0 Å². The van der Waals surface area contributed by atoms with Crippen LogP contribution in [0.4, 0.5) is 0 Å². The van der Waals surface area contributed by atoms with Gasteiger partial charge in [0.05, 0.1) is 12.8 Å². The number of nitrogens with zero attached hydrogens (tertiary/aromatic N) is 1. The summed E-state index contributed by atoms with van der Waals surface area (Å²) in [7, 11) is 1.62. The van der Waals surface area contributed by atoms with Crippen LogP contribution in [-0.4, -0.2) is 41.5 Å². The van der Waals surface area contributed by atoms with E-state index in [1.54, 1.807) is 13.2 Å². The summed E-state index contributed by atoms with van der Waals surface area (Å²) >= 11 is 0. The fraction of sp³-hybridized carbons (Fsp3) is 0.444. The maximum absolute atomic E-state index is 12.1. The van der Waals surface area contributed by atoms with E-state index in [9.17, 15) is 9.90 Å². The first kappa shape index (κ1) is 18.0. The average molecular weight is 331 g/mol. The standard InChI is InChI=1S/C18H25N3O3/c1-18(2,12-22)9-4-10-19-17(23)16-11-15(20-21-16)13-5-7-14(24-3)8-6-13/h5-8,11,22H,4,9-10,12H2,1-3H3,(H,19,23)(H,20,21). The smallest absolute Gasteiger partial charge is 0.269 e. The van der Waals surface area contributed by atoms with Crippen LogP contribution >= 0.6 is 0 Å². The van der Waals surface area contributed by atoms with Gasteiger partial charge in [-0.15, -0.1) is 0 Å². The number of carbonyl (C=O) groups excluding carboxylic acids is 1. The Balaban J connectivity index is 1.88. The monoisotopic (exact) mass is 331 g/mol. The van der Waals surface area contributed by atoms with Gasteiger partial charge in [0.2, 0.25) is 0 Å². The van der Waals surface area contributed by atoms with Gasteiger partial charge in [0, 0.05) is 18.7 Å². The van der Waals surface area contributed by atoms with E-state index < -0.39 is 0 Å². The normalized spacial score (nSPS) is 11.3. The minimum absolute atomic E-state index is 0.111. The number of hydrogen-bond acceptors (Lipinski definition) is 4. The van der Waals surface area contributed by atoms with Crippen molar-refractivity contribution in [3.8, 4) is 17.0 Å². The number of H-pyrrole nitrogens is 1. The summed E-state index contributed by atoms with van der Waals surface area (Å²) in [6.45, 7) is 4.72. The third kappa shape index (κ3) is 4.83. The summed E-state index contributed by atoms with van der Waals surface area (Å²) in [5.41, 5.74) is 1.95. The first-order chi connectivity index (χ1) is 11.4. The molecule has 1 aromatic heterocycles. The number of carbonyl (C=O) groups is 1. The van der Waals surface area contributed by atoms with E-state index in [0.29, 0.717) is 17.9 Å². The molecule has 24 heavy (non-hydrogen) atoms. The first-order valence-corrected chi connectivity index (χ1v) is 8.04. The third-order valence-electron chi connectivity index (χ3n) is 3.95. The van der Waals surface area contributed by atoms with Crippen LogP contribution in [0.1, 0.15) is 37.2 Å². The van der Waals surface area contributed by atoms with E-state index >= 15 is 0 Å². The number of rotatable bonds is 8. The number of aromatic amines is 1. The Morgan fingerprint density at radius 2 is 2.04 bits per heavy atom. The lowest BCUT2D eigenvalue weighted by atomic mass is 9.89. The number of benzene rings is 1. The number of methoxy groups -OCH3 is 1. The third-order valence-corrected chi connectivity index (χ3v) is 3.95. The fourth-order valence-corrected chi connectivity index (χ4v) is 2.29. The molecule has 0 saturated carbocycles. The number of amides is 1. The highest BCUT2D eigenvalue weighted by Gasteiger charge is 2.16. The van der Waals surface area contributed by atoms with E-state index in [1.807, 2.05) is 38.1 Å². The van der Waals surface area contributed by atoms with Gasteiger partial charge in [0.1, 0.15) is 11.4 Å². The molecule has 6 heteroatoms. The Morgan fingerprint density at radius 3 is 2.67 bits per heavy atom. The van der Waals surface area contributed by atoms with Gasteiger partial charge in [-0.05, 0) is 48.6 Å². The van der Waals surface area contributed by atoms with Gasteiger partial charge >= 0.3 is 0 Å². The van der Waals surface area contributed by atoms with Crippen LogP contribution in [0.15, 0.2) is 30.3 Å². The molecule has 0 unspecified atom stereocenters. The predicted molar refractivity (Wildman–Crippen MR) is 93.0 cm³/mol. The SMILES string of the molecule is COc1ccc(-c2cc(C(=O)NCCCC(C)(C)CO)[nH]n2)cc1. The molecule has 0 spiro atoms. The Bertz CT molecular complexity index is 662. The van der Waals surface area contributed by atoms with Crippen LogP contribution < -0.4 is 10.1 Å². The van der Waals surface area contributed by atoms with Crippen molar-refractivity contribution in [2.75, 3.05) is 20.3 Å². The maximum Gasteiger partial charge on any atom is 0.269 e. The fourth-order valence-electron chi connectivity index (χ4n) is 2.29. The molecule has 0 aliphatic carbocycles. The van der Waals surface area contributed by atoms with Gasteiger partial charge in [-0.25, -0.2) is 0 Å². The van der Waals surface area contributed by atoms with Crippen LogP contribution in [0, 0.1) is 5.41 Å². The highest BCUT2D eigenvalue weighted by Crippen LogP contribution is 2.22. The van der Waals surface area contributed by atoms with Crippen molar-refractivity contribution in [3.05, 3.63) is 36.0 Å². The summed E-state index contributed by atoms with van der Waals surface area (Å²) in [6.07, 6.45) is 1.67. The molecule has 1 aromatic carbocycles. The van der Waals surface area contributed by atoms with Gasteiger partial charge in [-0.1, -0.05) is 13.8 Å². The second kappa shape index (κ2) is 7.97. The second-order valence-corrected chi connectivity index (χ2v) is 6.58. The van der Waals surface area contributed by atoms with Crippen molar-refractivity contribution in [1.82, 2.24) is 15.5 Å². The summed E-state index contributed by atoms with van der Waals surface area (Å²) in [5, 5.41) is 19.0. The molecule has 2 aromatic rings. The van der Waals surface area contributed by atoms with Gasteiger partial charge in [-0.3, -0.25) is 9.89 Å². The number of ether oxygens (including phenoxy) is 1. The van der Waals surface area contributed by atoms with E-state index in [4.69, 9.17) is 4.74 Å². The van der Waals surface area contributed by atoms with Gasteiger partial charge in [0.25, 0.3) is 5.91 Å². The van der Waals surface area contributed by atoms with E-state index in [1.165, 1.54) is 0 Å². The van der Waals surface area contributed by atoms with Crippen molar-refractivity contribution in [2.24, 2.45) is 5.41 Å². The zero-order chi connectivity index (χ0) is 17.6. The maximum atomic E-state index is 12.1. The van der Waals surface area contributed by atoms with Crippen molar-refractivity contribution >= 4 is 5.91 Å². The molecule has 130 valence electrons. The first-order valence-electron chi connectivity index (χ1n) is 8.04. The van der Waals surface area contributed by atoms with Crippen molar-refractivity contribution in [3.63, 3.8) is 0 Å². The minimum atomic E-state index is -0.177.